The summed E-state index contributed by atoms with van der Waals surface area (Å²) < 4.78 is 28.2. The van der Waals surface area contributed by atoms with Crippen molar-refractivity contribution in [1.82, 2.24) is 0 Å². The first-order valence-electron chi connectivity index (χ1n) is 1.74. The van der Waals surface area contributed by atoms with Crippen LogP contribution in [-0.4, -0.2) is 21.6 Å². The van der Waals surface area contributed by atoms with Crippen molar-refractivity contribution in [2.45, 2.75) is 0 Å². The summed E-state index contributed by atoms with van der Waals surface area (Å²) in [7, 11) is -3.55. The first-order valence-corrected chi connectivity index (χ1v) is 3.08. The van der Waals surface area contributed by atoms with E-state index in [0.717, 1.165) is 0 Å². The van der Waals surface area contributed by atoms with Crippen molar-refractivity contribution in [2.24, 2.45) is 0 Å². The molecule has 1 aliphatic rings. The minimum atomic E-state index is -3.55. The summed E-state index contributed by atoms with van der Waals surface area (Å²) in [6.07, 6.45) is 0. The van der Waals surface area contributed by atoms with Gasteiger partial charge in [-0.15, -0.1) is 0 Å². The molecule has 0 radical (unpaired) electrons. The van der Waals surface area contributed by atoms with Crippen molar-refractivity contribution in [1.29, 1.82) is 0 Å². The molecule has 6 heteroatoms. The van der Waals surface area contributed by atoms with E-state index in [0.29, 0.717) is 0 Å². The fourth-order valence-corrected chi connectivity index (χ4v) is 0.919. The predicted molar refractivity (Wildman–Crippen MR) is 21.9 cm³/mol. The van der Waals surface area contributed by atoms with E-state index in [2.05, 4.69) is 8.37 Å². The van der Waals surface area contributed by atoms with E-state index in [1.165, 1.54) is 0 Å². The van der Waals surface area contributed by atoms with Crippen LogP contribution in [0.2, 0.25) is 0 Å². The molecule has 0 bridgehead atoms. The molecule has 0 saturated carbocycles. The summed E-state index contributed by atoms with van der Waals surface area (Å²) in [4.78, 5) is 0. The van der Waals surface area contributed by atoms with E-state index >= 15 is 0 Å². The van der Waals surface area contributed by atoms with Gasteiger partial charge >= 0.3 is 29.3 Å². The molecule has 0 aliphatic carbocycles. The van der Waals surface area contributed by atoms with Crippen LogP contribution in [0.4, 0.5) is 0 Å². The van der Waals surface area contributed by atoms with Gasteiger partial charge in [0.1, 0.15) is 0 Å². The van der Waals surface area contributed by atoms with Crippen molar-refractivity contribution in [3.63, 3.8) is 0 Å². The number of rotatable bonds is 0. The van der Waals surface area contributed by atoms with E-state index < -0.39 is 10.4 Å². The van der Waals surface area contributed by atoms with E-state index in [1.807, 2.05) is 0 Å². The molecule has 0 aromatic rings. The molecule has 44 valence electrons. The van der Waals surface area contributed by atoms with Crippen LogP contribution in [0.1, 0.15) is 1.43 Å². The molecule has 1 aliphatic heterocycles. The number of hydrogen-bond acceptors (Lipinski definition) is 4. The van der Waals surface area contributed by atoms with Gasteiger partial charge in [0.15, 0.2) is 0 Å². The second kappa shape index (κ2) is 2.85. The van der Waals surface area contributed by atoms with Gasteiger partial charge in [0.2, 0.25) is 0 Å². The zero-order valence-corrected chi connectivity index (χ0v) is 5.27. The molecule has 1 rings (SSSR count). The van der Waals surface area contributed by atoms with Crippen LogP contribution < -0.4 is 18.9 Å². The molecule has 0 aromatic carbocycles. The molecular formula is C2H5LiO4S. The van der Waals surface area contributed by atoms with Gasteiger partial charge in [-0.25, -0.2) is 8.37 Å². The Hall–Kier alpha value is 0.467. The Labute approximate surface area is 61.2 Å². The Morgan fingerprint density at radius 2 is 1.62 bits per heavy atom. The Kier molecular flexibility index (Phi) is 3.02. The third kappa shape index (κ3) is 2.16. The Morgan fingerprint density at radius 1 is 1.25 bits per heavy atom. The van der Waals surface area contributed by atoms with E-state index in [-0.39, 0.29) is 33.5 Å². The second-order valence-corrected chi connectivity index (χ2v) is 2.34. The first-order chi connectivity index (χ1) is 3.21. The molecule has 1 heterocycles. The van der Waals surface area contributed by atoms with Gasteiger partial charge in [-0.2, -0.15) is 8.42 Å². The van der Waals surface area contributed by atoms with Crippen molar-refractivity contribution in [3.8, 4) is 0 Å². The largest absolute Gasteiger partial charge is 1.00 e. The summed E-state index contributed by atoms with van der Waals surface area (Å²) in [6, 6.07) is 0. The molecule has 1 saturated heterocycles. The maximum Gasteiger partial charge on any atom is 1.00 e. The fraction of sp³-hybridized carbons (Fsp3) is 1.00. The van der Waals surface area contributed by atoms with Gasteiger partial charge in [0.25, 0.3) is 0 Å². The third-order valence-corrected chi connectivity index (χ3v) is 1.45. The van der Waals surface area contributed by atoms with Crippen LogP contribution in [-0.2, 0) is 18.8 Å². The summed E-state index contributed by atoms with van der Waals surface area (Å²) in [6.45, 7) is 0.310. The van der Waals surface area contributed by atoms with Gasteiger partial charge in [0, 0.05) is 0 Å². The maximum atomic E-state index is 9.99. The van der Waals surface area contributed by atoms with Crippen LogP contribution in [0.25, 0.3) is 0 Å². The fourth-order valence-electron chi connectivity index (χ4n) is 0.306. The molecule has 4 nitrogen and oxygen atoms in total. The monoisotopic (exact) mass is 132 g/mol. The molecule has 0 atom stereocenters. The van der Waals surface area contributed by atoms with E-state index in [1.54, 1.807) is 0 Å². The van der Waals surface area contributed by atoms with Crippen molar-refractivity contribution >= 4 is 10.4 Å². The van der Waals surface area contributed by atoms with Crippen LogP contribution in [0.15, 0.2) is 0 Å². The SMILES string of the molecule is O=S1(=O)OCCO1.[H-].[Li+]. The molecule has 8 heavy (non-hydrogen) atoms. The summed E-state index contributed by atoms with van der Waals surface area (Å²) >= 11 is 0. The first kappa shape index (κ1) is 8.47. The topological polar surface area (TPSA) is 52.6 Å². The predicted octanol–water partition coefficient (Wildman–Crippen LogP) is -3.61. The van der Waals surface area contributed by atoms with Crippen LogP contribution in [0, 0.1) is 0 Å². The molecule has 0 unspecified atom stereocenters. The van der Waals surface area contributed by atoms with Gasteiger partial charge in [0.05, 0.1) is 13.2 Å². The molecule has 1 fully saturated rings. The van der Waals surface area contributed by atoms with Crippen LogP contribution in [0.3, 0.4) is 0 Å². The molecule has 0 aromatic heterocycles. The van der Waals surface area contributed by atoms with Gasteiger partial charge in [-0.1, -0.05) is 0 Å². The van der Waals surface area contributed by atoms with Crippen LogP contribution in [0.5, 0.6) is 0 Å². The quantitative estimate of drug-likeness (QED) is 0.319. The average molecular weight is 132 g/mol. The Bertz CT molecular complexity index is 142. The minimum absolute atomic E-state index is 0. The summed E-state index contributed by atoms with van der Waals surface area (Å²) in [5, 5.41) is 0. The van der Waals surface area contributed by atoms with Crippen molar-refractivity contribution < 1.29 is 37.1 Å². The summed E-state index contributed by atoms with van der Waals surface area (Å²) in [5.41, 5.74) is 0. The molecular weight excluding hydrogens is 127 g/mol. The van der Waals surface area contributed by atoms with Gasteiger partial charge in [-0.3, -0.25) is 0 Å². The molecule has 0 N–H and O–H groups in total. The van der Waals surface area contributed by atoms with E-state index in [9.17, 15) is 8.42 Å². The smallest absolute Gasteiger partial charge is 1.00 e. The van der Waals surface area contributed by atoms with Gasteiger partial charge < -0.3 is 1.43 Å². The molecule has 0 spiro atoms. The maximum absolute atomic E-state index is 9.99. The third-order valence-electron chi connectivity index (χ3n) is 0.539. The van der Waals surface area contributed by atoms with E-state index in [4.69, 9.17) is 0 Å². The Balaban J connectivity index is 0. The van der Waals surface area contributed by atoms with Gasteiger partial charge in [-0.05, 0) is 0 Å². The average Bonchev–Trinajstić information content (AvgIpc) is 1.84. The molecule has 0 amide bonds. The number of hydrogen-bond donors (Lipinski definition) is 0. The standard InChI is InChI=1S/C2H4O4S.Li.H/c3-7(4)5-1-2-6-7;;/h1-2H2;;/q;+1;-1. The van der Waals surface area contributed by atoms with Crippen LogP contribution >= 0.6 is 0 Å². The summed E-state index contributed by atoms with van der Waals surface area (Å²) in [5.74, 6) is 0. The normalized spacial score (nSPS) is 24.5. The second-order valence-electron chi connectivity index (χ2n) is 1.05. The zero-order chi connectivity index (χ0) is 5.33. The Morgan fingerprint density at radius 3 is 1.75 bits per heavy atom. The minimum Gasteiger partial charge on any atom is -1.00 e. The van der Waals surface area contributed by atoms with Crippen molar-refractivity contribution in [3.05, 3.63) is 0 Å². The zero-order valence-electron chi connectivity index (χ0n) is 5.46. The van der Waals surface area contributed by atoms with Crippen molar-refractivity contribution in [2.75, 3.05) is 13.2 Å².